The van der Waals surface area contributed by atoms with Gasteiger partial charge in [-0.05, 0) is 60.1 Å². The standard InChI is InChI=1S/C17H19BrFN5O3/c18-13-7-11(1-2-14(13)19)21-16(24-26)12-8-27-9-15(12)23-17(25)22-10-3-5-20-6-4-10/h1-2,7-10,20,26H,3-6H2,(H,21,24)(H2,22,23,25). The topological polar surface area (TPSA) is 111 Å². The number of urea groups is 1. The fourth-order valence-corrected chi connectivity index (χ4v) is 3.08. The molecule has 1 aromatic carbocycles. The lowest BCUT2D eigenvalue weighted by Crippen LogP contribution is -2.44. The monoisotopic (exact) mass is 439 g/mol. The molecule has 0 aliphatic carbocycles. The van der Waals surface area contributed by atoms with Crippen LogP contribution in [0.2, 0.25) is 0 Å². The quantitative estimate of drug-likeness (QED) is 0.285. The van der Waals surface area contributed by atoms with E-state index in [1.807, 2.05) is 5.48 Å². The van der Waals surface area contributed by atoms with Crippen molar-refractivity contribution in [1.29, 1.82) is 0 Å². The van der Waals surface area contributed by atoms with Crippen molar-refractivity contribution in [1.82, 2.24) is 16.1 Å². The van der Waals surface area contributed by atoms with Gasteiger partial charge in [0.25, 0.3) is 0 Å². The Morgan fingerprint density at radius 1 is 1.33 bits per heavy atom. The third-order valence-corrected chi connectivity index (χ3v) is 4.70. The Hall–Kier alpha value is -2.43. The highest BCUT2D eigenvalue weighted by atomic mass is 79.9. The van der Waals surface area contributed by atoms with Crippen LogP contribution in [0.25, 0.3) is 0 Å². The molecule has 0 atom stereocenters. The van der Waals surface area contributed by atoms with E-state index < -0.39 is 5.82 Å². The molecular formula is C17H19BrFN5O3. The lowest BCUT2D eigenvalue weighted by atomic mass is 10.1. The number of furan rings is 1. The van der Waals surface area contributed by atoms with Crippen molar-refractivity contribution in [2.24, 2.45) is 4.99 Å². The Bertz CT molecular complexity index is 836. The number of amides is 2. The van der Waals surface area contributed by atoms with Gasteiger partial charge in [0, 0.05) is 6.04 Å². The van der Waals surface area contributed by atoms with Gasteiger partial charge in [0.05, 0.1) is 21.4 Å². The van der Waals surface area contributed by atoms with Crippen molar-refractivity contribution in [2.45, 2.75) is 18.9 Å². The van der Waals surface area contributed by atoms with E-state index in [2.05, 4.69) is 36.9 Å². The number of nitrogens with zero attached hydrogens (tertiary/aromatic N) is 1. The van der Waals surface area contributed by atoms with Crippen molar-refractivity contribution in [3.63, 3.8) is 0 Å². The second-order valence-corrected chi connectivity index (χ2v) is 6.85. The Morgan fingerprint density at radius 3 is 2.81 bits per heavy atom. The number of piperidine rings is 1. The Balaban J connectivity index is 1.74. The van der Waals surface area contributed by atoms with Crippen LogP contribution in [0, 0.1) is 5.82 Å². The highest BCUT2D eigenvalue weighted by molar-refractivity contribution is 9.10. The van der Waals surface area contributed by atoms with E-state index in [4.69, 9.17) is 4.42 Å². The Morgan fingerprint density at radius 2 is 2.11 bits per heavy atom. The summed E-state index contributed by atoms with van der Waals surface area (Å²) in [5.74, 6) is -0.382. The summed E-state index contributed by atoms with van der Waals surface area (Å²) < 4.78 is 18.7. The molecule has 5 N–H and O–H groups in total. The molecule has 2 aromatic rings. The van der Waals surface area contributed by atoms with E-state index >= 15 is 0 Å². The Kier molecular flexibility index (Phi) is 6.43. The highest BCUT2D eigenvalue weighted by Gasteiger charge is 2.18. The number of anilines is 1. The summed E-state index contributed by atoms with van der Waals surface area (Å²) in [6, 6.07) is 3.89. The van der Waals surface area contributed by atoms with Crippen LogP contribution < -0.4 is 21.4 Å². The molecular weight excluding hydrogens is 421 g/mol. The number of hydrogen-bond donors (Lipinski definition) is 5. The van der Waals surface area contributed by atoms with Crippen molar-refractivity contribution in [2.75, 3.05) is 18.4 Å². The summed E-state index contributed by atoms with van der Waals surface area (Å²) in [6.07, 6.45) is 4.39. The van der Waals surface area contributed by atoms with Gasteiger partial charge in [-0.25, -0.2) is 14.2 Å². The van der Waals surface area contributed by atoms with Gasteiger partial charge in [0.2, 0.25) is 0 Å². The zero-order valence-corrected chi connectivity index (χ0v) is 15.8. The molecule has 1 fully saturated rings. The highest BCUT2D eigenvalue weighted by Crippen LogP contribution is 2.24. The van der Waals surface area contributed by atoms with Gasteiger partial charge in [-0.3, -0.25) is 10.7 Å². The van der Waals surface area contributed by atoms with E-state index in [9.17, 15) is 14.4 Å². The number of amidine groups is 1. The predicted molar refractivity (Wildman–Crippen MR) is 102 cm³/mol. The molecule has 3 rings (SSSR count). The molecule has 1 aromatic heterocycles. The van der Waals surface area contributed by atoms with Crippen molar-refractivity contribution < 1.29 is 18.8 Å². The zero-order chi connectivity index (χ0) is 19.2. The third kappa shape index (κ3) is 5.06. The van der Waals surface area contributed by atoms with Gasteiger partial charge >= 0.3 is 6.03 Å². The predicted octanol–water partition coefficient (Wildman–Crippen LogP) is 3.11. The van der Waals surface area contributed by atoms with Crippen molar-refractivity contribution in [3.8, 4) is 0 Å². The molecule has 27 heavy (non-hydrogen) atoms. The first-order valence-corrected chi connectivity index (χ1v) is 9.14. The molecule has 144 valence electrons. The van der Waals surface area contributed by atoms with Crippen molar-refractivity contribution in [3.05, 3.63) is 46.6 Å². The fraction of sp³-hybridized carbons (Fsp3) is 0.294. The van der Waals surface area contributed by atoms with Crippen LogP contribution in [0.5, 0.6) is 0 Å². The van der Waals surface area contributed by atoms with Crippen molar-refractivity contribution >= 4 is 39.2 Å². The second-order valence-electron chi connectivity index (χ2n) is 5.99. The van der Waals surface area contributed by atoms with Crippen LogP contribution in [-0.2, 0) is 0 Å². The number of benzene rings is 1. The first-order valence-electron chi connectivity index (χ1n) is 8.35. The van der Waals surface area contributed by atoms with E-state index in [1.165, 1.54) is 30.7 Å². The minimum Gasteiger partial charge on any atom is -0.470 e. The molecule has 1 aliphatic rings. The number of carbonyl (C=O) groups is 1. The molecule has 8 nitrogen and oxygen atoms in total. The molecule has 0 saturated carbocycles. The molecule has 0 bridgehead atoms. The number of halogens is 2. The number of nitrogens with one attached hydrogen (secondary N) is 4. The minimum atomic E-state index is -0.423. The molecule has 2 amide bonds. The maximum Gasteiger partial charge on any atom is 0.319 e. The molecule has 10 heteroatoms. The largest absolute Gasteiger partial charge is 0.470 e. The summed E-state index contributed by atoms with van der Waals surface area (Å²) in [7, 11) is 0. The summed E-state index contributed by atoms with van der Waals surface area (Å²) in [6.45, 7) is 1.72. The SMILES string of the molecule is O=C(Nc1cocc1C(=Nc1ccc(F)c(Br)c1)NO)NC1CCNCC1. The van der Waals surface area contributed by atoms with Crippen LogP contribution in [-0.4, -0.2) is 36.2 Å². The van der Waals surface area contributed by atoms with Crippen LogP contribution in [0.15, 0.2) is 44.6 Å². The van der Waals surface area contributed by atoms with Gasteiger partial charge in [-0.2, -0.15) is 0 Å². The van der Waals surface area contributed by atoms with Gasteiger partial charge < -0.3 is 20.4 Å². The molecule has 2 heterocycles. The average Bonchev–Trinajstić information content (AvgIpc) is 3.11. The number of hydrogen-bond acceptors (Lipinski definition) is 5. The van der Waals surface area contributed by atoms with E-state index in [0.29, 0.717) is 16.9 Å². The fourth-order valence-electron chi connectivity index (χ4n) is 2.72. The van der Waals surface area contributed by atoms with E-state index in [1.54, 1.807) is 0 Å². The number of carbonyl (C=O) groups excluding carboxylic acids is 1. The Labute approximate surface area is 163 Å². The first kappa shape index (κ1) is 19.3. The van der Waals surface area contributed by atoms with Gasteiger partial charge in [-0.1, -0.05) is 0 Å². The van der Waals surface area contributed by atoms with Gasteiger partial charge in [-0.15, -0.1) is 0 Å². The maximum absolute atomic E-state index is 13.4. The average molecular weight is 440 g/mol. The molecule has 1 saturated heterocycles. The number of rotatable bonds is 4. The molecule has 0 radical (unpaired) electrons. The summed E-state index contributed by atoms with van der Waals surface area (Å²) in [5, 5.41) is 18.3. The molecule has 0 spiro atoms. The van der Waals surface area contributed by atoms with Crippen LogP contribution in [0.1, 0.15) is 18.4 Å². The lowest BCUT2D eigenvalue weighted by Gasteiger charge is -2.23. The number of aliphatic imine (C=N–C) groups is 1. The summed E-state index contributed by atoms with van der Waals surface area (Å²) >= 11 is 3.09. The molecule has 1 aliphatic heterocycles. The zero-order valence-electron chi connectivity index (χ0n) is 14.3. The lowest BCUT2D eigenvalue weighted by molar-refractivity contribution is 0.235. The maximum atomic E-state index is 13.4. The normalized spacial score (nSPS) is 15.4. The van der Waals surface area contributed by atoms with Gasteiger partial charge in [0.15, 0.2) is 5.84 Å². The van der Waals surface area contributed by atoms with E-state index in [0.717, 1.165) is 25.9 Å². The number of hydroxylamine groups is 1. The molecule has 0 unspecified atom stereocenters. The smallest absolute Gasteiger partial charge is 0.319 e. The summed E-state index contributed by atoms with van der Waals surface area (Å²) in [5.41, 5.74) is 3.06. The van der Waals surface area contributed by atoms with Crippen LogP contribution in [0.3, 0.4) is 0 Å². The first-order chi connectivity index (χ1) is 13.1. The van der Waals surface area contributed by atoms with Crippen LogP contribution >= 0.6 is 15.9 Å². The second kappa shape index (κ2) is 8.98. The third-order valence-electron chi connectivity index (χ3n) is 4.09. The van der Waals surface area contributed by atoms with E-state index in [-0.39, 0.29) is 22.4 Å². The van der Waals surface area contributed by atoms with Gasteiger partial charge in [0.1, 0.15) is 18.3 Å². The summed E-state index contributed by atoms with van der Waals surface area (Å²) in [4.78, 5) is 16.5. The minimum absolute atomic E-state index is 0.0411. The van der Waals surface area contributed by atoms with Crippen LogP contribution in [0.4, 0.5) is 20.6 Å².